The van der Waals surface area contributed by atoms with Crippen LogP contribution in [0.25, 0.3) is 28.0 Å². The molecule has 0 saturated heterocycles. The Morgan fingerprint density at radius 3 is 2.40 bits per heavy atom. The van der Waals surface area contributed by atoms with Crippen LogP contribution in [0.15, 0.2) is 71.9 Å². The van der Waals surface area contributed by atoms with E-state index in [0.29, 0.717) is 28.2 Å². The predicted octanol–water partition coefficient (Wildman–Crippen LogP) is 4.17. The Morgan fingerprint density at radius 1 is 1.03 bits per heavy atom. The standard InChI is InChI=1S/C22H18FN3O3S/c1-14(27)25-20-11-17(16-4-3-5-18(23)10-16)13-26-21(12-24-22(20)26)15-6-8-19(9-7-15)30(2,28)29/h3-13H,1-2H3,(H,25,27). The molecule has 0 spiro atoms. The summed E-state index contributed by atoms with van der Waals surface area (Å²) in [5.74, 6) is -0.619. The first-order chi connectivity index (χ1) is 14.2. The number of imidazole rings is 1. The summed E-state index contributed by atoms with van der Waals surface area (Å²) in [6.45, 7) is 1.40. The number of rotatable bonds is 4. The maximum absolute atomic E-state index is 13.8. The zero-order valence-electron chi connectivity index (χ0n) is 16.3. The number of aromatic nitrogens is 2. The summed E-state index contributed by atoms with van der Waals surface area (Å²) < 4.78 is 39.0. The van der Waals surface area contributed by atoms with E-state index in [0.717, 1.165) is 11.8 Å². The van der Waals surface area contributed by atoms with Crippen molar-refractivity contribution in [1.29, 1.82) is 0 Å². The van der Waals surface area contributed by atoms with E-state index in [-0.39, 0.29) is 16.6 Å². The lowest BCUT2D eigenvalue weighted by atomic mass is 10.1. The van der Waals surface area contributed by atoms with Gasteiger partial charge < -0.3 is 5.32 Å². The zero-order chi connectivity index (χ0) is 21.5. The summed E-state index contributed by atoms with van der Waals surface area (Å²) >= 11 is 0. The maximum Gasteiger partial charge on any atom is 0.221 e. The van der Waals surface area contributed by atoms with Crippen molar-refractivity contribution in [3.05, 3.63) is 72.8 Å². The molecule has 1 N–H and O–H groups in total. The van der Waals surface area contributed by atoms with E-state index in [1.165, 1.54) is 31.2 Å². The van der Waals surface area contributed by atoms with E-state index in [4.69, 9.17) is 0 Å². The molecule has 2 aromatic carbocycles. The van der Waals surface area contributed by atoms with Crippen molar-refractivity contribution in [2.75, 3.05) is 11.6 Å². The average Bonchev–Trinajstić information content (AvgIpc) is 3.11. The number of nitrogens with zero attached hydrogens (tertiary/aromatic N) is 2. The molecule has 0 saturated carbocycles. The second kappa shape index (κ2) is 7.38. The van der Waals surface area contributed by atoms with E-state index in [2.05, 4.69) is 10.3 Å². The number of nitrogens with one attached hydrogen (secondary N) is 1. The van der Waals surface area contributed by atoms with Crippen LogP contribution in [-0.2, 0) is 14.6 Å². The summed E-state index contributed by atoms with van der Waals surface area (Å²) in [5.41, 5.74) is 3.80. The van der Waals surface area contributed by atoms with Crippen LogP contribution in [0.4, 0.5) is 10.1 Å². The Hall–Kier alpha value is -3.52. The van der Waals surface area contributed by atoms with Crippen molar-refractivity contribution in [2.45, 2.75) is 11.8 Å². The number of halogens is 1. The molecule has 0 aliphatic rings. The summed E-state index contributed by atoms with van der Waals surface area (Å²) in [7, 11) is -3.30. The van der Waals surface area contributed by atoms with Gasteiger partial charge >= 0.3 is 0 Å². The maximum atomic E-state index is 13.8. The van der Waals surface area contributed by atoms with E-state index >= 15 is 0 Å². The minimum Gasteiger partial charge on any atom is -0.323 e. The van der Waals surface area contributed by atoms with Gasteiger partial charge in [0.15, 0.2) is 15.5 Å². The van der Waals surface area contributed by atoms with Crippen LogP contribution in [-0.4, -0.2) is 30.0 Å². The van der Waals surface area contributed by atoms with Gasteiger partial charge in [-0.25, -0.2) is 17.8 Å². The van der Waals surface area contributed by atoms with Gasteiger partial charge in [-0.2, -0.15) is 0 Å². The monoisotopic (exact) mass is 423 g/mol. The fourth-order valence-electron chi connectivity index (χ4n) is 3.28. The minimum absolute atomic E-state index is 0.222. The van der Waals surface area contributed by atoms with E-state index < -0.39 is 9.84 Å². The second-order valence-corrected chi connectivity index (χ2v) is 8.98. The largest absolute Gasteiger partial charge is 0.323 e. The number of carbonyl (C=O) groups is 1. The highest BCUT2D eigenvalue weighted by Gasteiger charge is 2.14. The van der Waals surface area contributed by atoms with Crippen molar-refractivity contribution >= 4 is 27.1 Å². The van der Waals surface area contributed by atoms with Gasteiger partial charge in [0, 0.05) is 30.5 Å². The smallest absolute Gasteiger partial charge is 0.221 e. The molecule has 30 heavy (non-hydrogen) atoms. The van der Waals surface area contributed by atoms with E-state index in [9.17, 15) is 17.6 Å². The van der Waals surface area contributed by atoms with E-state index in [1.807, 2.05) is 6.20 Å². The molecular weight excluding hydrogens is 405 g/mol. The first-order valence-electron chi connectivity index (χ1n) is 9.07. The van der Waals surface area contributed by atoms with Crippen LogP contribution in [0.2, 0.25) is 0 Å². The number of sulfone groups is 1. The van der Waals surface area contributed by atoms with Crippen LogP contribution in [0.5, 0.6) is 0 Å². The van der Waals surface area contributed by atoms with Gasteiger partial charge in [0.1, 0.15) is 5.82 Å². The number of carbonyl (C=O) groups excluding carboxylic acids is 1. The lowest BCUT2D eigenvalue weighted by Crippen LogP contribution is -2.08. The third kappa shape index (κ3) is 3.81. The lowest BCUT2D eigenvalue weighted by Gasteiger charge is -2.11. The Balaban J connectivity index is 1.92. The van der Waals surface area contributed by atoms with Gasteiger partial charge in [0.2, 0.25) is 5.91 Å². The Labute approximate surface area is 172 Å². The first-order valence-corrected chi connectivity index (χ1v) is 11.0. The molecule has 0 radical (unpaired) electrons. The van der Waals surface area contributed by atoms with Crippen LogP contribution >= 0.6 is 0 Å². The number of anilines is 1. The number of hydrogen-bond donors (Lipinski definition) is 1. The van der Waals surface area contributed by atoms with Crippen molar-refractivity contribution in [1.82, 2.24) is 9.38 Å². The molecule has 4 rings (SSSR count). The molecule has 0 fully saturated rings. The van der Waals surface area contributed by atoms with Gasteiger partial charge in [-0.1, -0.05) is 24.3 Å². The molecule has 0 unspecified atom stereocenters. The van der Waals surface area contributed by atoms with E-state index in [1.54, 1.807) is 40.9 Å². The summed E-state index contributed by atoms with van der Waals surface area (Å²) in [4.78, 5) is 16.4. The second-order valence-electron chi connectivity index (χ2n) is 6.97. The predicted molar refractivity (Wildman–Crippen MR) is 113 cm³/mol. The number of benzene rings is 2. The molecule has 2 heterocycles. The fraction of sp³-hybridized carbons (Fsp3) is 0.0909. The molecule has 6 nitrogen and oxygen atoms in total. The summed E-state index contributed by atoms with van der Waals surface area (Å²) in [5, 5.41) is 2.77. The molecule has 152 valence electrons. The topological polar surface area (TPSA) is 80.5 Å². The number of fused-ring (bicyclic) bond motifs is 1. The zero-order valence-corrected chi connectivity index (χ0v) is 17.1. The van der Waals surface area contributed by atoms with Gasteiger partial charge in [-0.3, -0.25) is 9.20 Å². The average molecular weight is 423 g/mol. The van der Waals surface area contributed by atoms with Crippen molar-refractivity contribution in [3.63, 3.8) is 0 Å². The summed E-state index contributed by atoms with van der Waals surface area (Å²) in [6, 6.07) is 14.4. The van der Waals surface area contributed by atoms with Crippen molar-refractivity contribution in [3.8, 4) is 22.4 Å². The highest BCUT2D eigenvalue weighted by atomic mass is 32.2. The lowest BCUT2D eigenvalue weighted by molar-refractivity contribution is -0.114. The minimum atomic E-state index is -3.30. The van der Waals surface area contributed by atoms with Crippen LogP contribution in [0.3, 0.4) is 0 Å². The van der Waals surface area contributed by atoms with Crippen LogP contribution < -0.4 is 5.32 Å². The Morgan fingerprint density at radius 2 is 1.77 bits per heavy atom. The number of amides is 1. The molecule has 2 aromatic heterocycles. The molecule has 4 aromatic rings. The van der Waals surface area contributed by atoms with Gasteiger partial charge in [-0.15, -0.1) is 0 Å². The highest BCUT2D eigenvalue weighted by molar-refractivity contribution is 7.90. The van der Waals surface area contributed by atoms with Crippen LogP contribution in [0.1, 0.15) is 6.92 Å². The molecule has 0 atom stereocenters. The molecule has 0 aliphatic heterocycles. The third-order valence-electron chi connectivity index (χ3n) is 4.65. The van der Waals surface area contributed by atoms with Crippen molar-refractivity contribution < 1.29 is 17.6 Å². The highest BCUT2D eigenvalue weighted by Crippen LogP contribution is 2.31. The Bertz CT molecular complexity index is 1380. The molecule has 8 heteroatoms. The van der Waals surface area contributed by atoms with Crippen molar-refractivity contribution in [2.24, 2.45) is 0 Å². The SMILES string of the molecule is CC(=O)Nc1cc(-c2cccc(F)c2)cn2c(-c3ccc(S(C)(=O)=O)cc3)cnc12. The quantitative estimate of drug-likeness (QED) is 0.534. The molecular formula is C22H18FN3O3S. The number of pyridine rings is 1. The molecule has 1 amide bonds. The van der Waals surface area contributed by atoms with Gasteiger partial charge in [0.25, 0.3) is 0 Å². The fourth-order valence-corrected chi connectivity index (χ4v) is 3.91. The Kier molecular flexibility index (Phi) is 4.87. The third-order valence-corrected chi connectivity index (χ3v) is 5.78. The normalized spacial score (nSPS) is 11.6. The first kappa shape index (κ1) is 19.8. The van der Waals surface area contributed by atoms with Gasteiger partial charge in [-0.05, 0) is 35.9 Å². The van der Waals surface area contributed by atoms with Crippen LogP contribution in [0, 0.1) is 5.82 Å². The molecule has 0 bridgehead atoms. The number of hydrogen-bond acceptors (Lipinski definition) is 4. The molecule has 0 aliphatic carbocycles. The van der Waals surface area contributed by atoms with Gasteiger partial charge in [0.05, 0.1) is 22.5 Å². The summed E-state index contributed by atoms with van der Waals surface area (Å²) in [6.07, 6.45) is 4.61.